The molecule has 0 radical (unpaired) electrons. The van der Waals surface area contributed by atoms with Crippen LogP contribution in [0.2, 0.25) is 0 Å². The lowest BCUT2D eigenvalue weighted by Crippen LogP contribution is -2.37. The zero-order valence-corrected chi connectivity index (χ0v) is 15.5. The molecule has 0 spiro atoms. The molecule has 0 aromatic carbocycles. The molecule has 0 unspecified atom stereocenters. The lowest BCUT2D eigenvalue weighted by Gasteiger charge is -2.08. The van der Waals surface area contributed by atoms with E-state index >= 15 is 0 Å². The number of carbonyl (C=O) groups is 1. The molecule has 1 aliphatic heterocycles. The van der Waals surface area contributed by atoms with Crippen molar-refractivity contribution in [3.05, 3.63) is 50.7 Å². The van der Waals surface area contributed by atoms with Crippen LogP contribution < -0.4 is 11.2 Å². The average Bonchev–Trinajstić information content (AvgIpc) is 2.74. The lowest BCUT2D eigenvalue weighted by atomic mass is 10.1. The van der Waals surface area contributed by atoms with Gasteiger partial charge in [0, 0.05) is 19.4 Å². The van der Waals surface area contributed by atoms with Crippen molar-refractivity contribution < 1.29 is 9.53 Å². The van der Waals surface area contributed by atoms with Gasteiger partial charge in [0.15, 0.2) is 0 Å². The van der Waals surface area contributed by atoms with E-state index in [2.05, 4.69) is 16.6 Å². The minimum absolute atomic E-state index is 0.197. The van der Waals surface area contributed by atoms with E-state index in [4.69, 9.17) is 16.3 Å². The van der Waals surface area contributed by atoms with Gasteiger partial charge in [-0.2, -0.15) is 0 Å². The Labute approximate surface area is 156 Å². The van der Waals surface area contributed by atoms with Crippen molar-refractivity contribution >= 4 is 28.6 Å². The van der Waals surface area contributed by atoms with Crippen molar-refractivity contribution in [3.8, 4) is 0 Å². The normalized spacial score (nSPS) is 13.3. The van der Waals surface area contributed by atoms with E-state index in [0.29, 0.717) is 37.9 Å². The third-order valence-electron chi connectivity index (χ3n) is 3.97. The zero-order valence-electron chi connectivity index (χ0n) is 14.7. The fourth-order valence-corrected chi connectivity index (χ4v) is 2.90. The van der Waals surface area contributed by atoms with Gasteiger partial charge in [-0.05, 0) is 31.8 Å². The number of allylic oxidation sites excluding steroid dienone is 3. The second-order valence-corrected chi connectivity index (χ2v) is 6.16. The molecular weight excluding hydrogens is 358 g/mol. The summed E-state index contributed by atoms with van der Waals surface area (Å²) in [6.45, 7) is 5.98. The van der Waals surface area contributed by atoms with Gasteiger partial charge in [0.05, 0.1) is 12.2 Å². The minimum Gasteiger partial charge on any atom is -0.466 e. The highest BCUT2D eigenvalue weighted by Crippen LogP contribution is 2.22. The van der Waals surface area contributed by atoms with Crippen LogP contribution in [0.1, 0.15) is 38.2 Å². The minimum atomic E-state index is -0.537. The third kappa shape index (κ3) is 4.82. The summed E-state index contributed by atoms with van der Waals surface area (Å²) in [6.07, 6.45) is 5.70. The summed E-state index contributed by atoms with van der Waals surface area (Å²) in [4.78, 5) is 43.1. The topological polar surface area (TPSA) is 93.5 Å². The summed E-state index contributed by atoms with van der Waals surface area (Å²) in [7, 11) is 0. The average molecular weight is 380 g/mol. The number of unbranched alkanes of at least 4 members (excludes halogenated alkanes) is 1. The first-order valence-corrected chi connectivity index (χ1v) is 8.91. The molecule has 1 N–H and O–H groups in total. The number of aliphatic imine (C=N–C) groups is 1. The first kappa shape index (κ1) is 19.9. The van der Waals surface area contributed by atoms with Gasteiger partial charge in [0.25, 0.3) is 5.56 Å². The zero-order chi connectivity index (χ0) is 19.1. The summed E-state index contributed by atoms with van der Waals surface area (Å²) in [5.41, 5.74) is 0.237. The summed E-state index contributed by atoms with van der Waals surface area (Å²) in [6, 6.07) is 0. The number of halogens is 1. The number of carbonyl (C=O) groups excluding carboxylic acids is 1. The first-order valence-electron chi connectivity index (χ1n) is 8.54. The molecule has 8 heteroatoms. The molecule has 1 aliphatic rings. The number of aromatic amines is 1. The number of esters is 1. The van der Waals surface area contributed by atoms with Gasteiger partial charge in [0.1, 0.15) is 11.0 Å². The summed E-state index contributed by atoms with van der Waals surface area (Å²) >= 11 is 6.16. The molecule has 0 aliphatic carbocycles. The Morgan fingerprint density at radius 3 is 2.92 bits per heavy atom. The van der Waals surface area contributed by atoms with Gasteiger partial charge in [-0.15, -0.1) is 6.58 Å². The third-order valence-corrected chi connectivity index (χ3v) is 4.30. The summed E-state index contributed by atoms with van der Waals surface area (Å²) in [5, 5.41) is 0.242. The maximum atomic E-state index is 12.7. The number of nitrogens with zero attached hydrogens (tertiary/aromatic N) is 2. The van der Waals surface area contributed by atoms with E-state index in [1.54, 1.807) is 13.0 Å². The van der Waals surface area contributed by atoms with Gasteiger partial charge in [-0.3, -0.25) is 19.1 Å². The molecule has 0 saturated carbocycles. The van der Waals surface area contributed by atoms with Crippen molar-refractivity contribution in [1.82, 2.24) is 9.55 Å². The monoisotopic (exact) mass is 379 g/mol. The maximum Gasteiger partial charge on any atom is 0.329 e. The van der Waals surface area contributed by atoms with E-state index in [-0.39, 0.29) is 35.5 Å². The van der Waals surface area contributed by atoms with Crippen LogP contribution in [0.3, 0.4) is 0 Å². The number of nitrogens with one attached hydrogen (secondary N) is 1. The Bertz CT molecular complexity index is 864. The lowest BCUT2D eigenvalue weighted by molar-refractivity contribution is -0.143. The second kappa shape index (κ2) is 9.33. The van der Waals surface area contributed by atoms with Gasteiger partial charge >= 0.3 is 11.7 Å². The Morgan fingerprint density at radius 1 is 1.46 bits per heavy atom. The van der Waals surface area contributed by atoms with Crippen LogP contribution >= 0.6 is 11.6 Å². The summed E-state index contributed by atoms with van der Waals surface area (Å²) in [5.74, 6) is -0.0809. The van der Waals surface area contributed by atoms with Gasteiger partial charge in [-0.1, -0.05) is 23.8 Å². The molecular formula is C18H22ClN3O4. The smallest absolute Gasteiger partial charge is 0.329 e. The van der Waals surface area contributed by atoms with Crippen LogP contribution in [0.5, 0.6) is 0 Å². The molecule has 7 nitrogen and oxygen atoms in total. The van der Waals surface area contributed by atoms with E-state index < -0.39 is 5.69 Å². The number of hydrogen-bond donors (Lipinski definition) is 1. The predicted molar refractivity (Wildman–Crippen MR) is 101 cm³/mol. The number of ether oxygens (including phenoxy) is 1. The highest BCUT2D eigenvalue weighted by Gasteiger charge is 2.17. The standard InChI is InChI=1S/C18H22ClN3O4/c1-3-7-12-9-10-13-16(20-15(12)19)21-18(25)22(17(13)24)11-6-5-8-14(23)26-4-2/h3,9H,1,4-8,10-11H2,2H3,(H,21,25). The Balaban J connectivity index is 2.18. The number of rotatable bonds is 8. The summed E-state index contributed by atoms with van der Waals surface area (Å²) < 4.78 is 5.99. The van der Waals surface area contributed by atoms with Gasteiger partial charge < -0.3 is 4.74 Å². The van der Waals surface area contributed by atoms with Crippen molar-refractivity contribution in [1.29, 1.82) is 0 Å². The van der Waals surface area contributed by atoms with Crippen molar-refractivity contribution in [2.24, 2.45) is 4.99 Å². The van der Waals surface area contributed by atoms with Gasteiger partial charge in [0.2, 0.25) is 0 Å². The predicted octanol–water partition coefficient (Wildman–Crippen LogP) is 2.60. The molecule has 0 fully saturated rings. The van der Waals surface area contributed by atoms with Crippen molar-refractivity contribution in [2.45, 2.75) is 45.6 Å². The quantitative estimate of drug-likeness (QED) is 0.426. The highest BCUT2D eigenvalue weighted by molar-refractivity contribution is 6.69. The van der Waals surface area contributed by atoms with Crippen LogP contribution in [-0.4, -0.2) is 27.3 Å². The molecule has 0 amide bonds. The molecule has 2 rings (SSSR count). The number of H-pyrrole nitrogens is 1. The van der Waals surface area contributed by atoms with E-state index in [1.807, 2.05) is 6.08 Å². The first-order chi connectivity index (χ1) is 12.5. The van der Waals surface area contributed by atoms with Crippen molar-refractivity contribution in [2.75, 3.05) is 6.61 Å². The Morgan fingerprint density at radius 2 is 2.23 bits per heavy atom. The van der Waals surface area contributed by atoms with Crippen LogP contribution in [0, 0.1) is 0 Å². The number of fused-ring (bicyclic) bond motifs is 1. The number of hydrogen-bond acceptors (Lipinski definition) is 5. The largest absolute Gasteiger partial charge is 0.466 e. The van der Waals surface area contributed by atoms with Crippen LogP contribution in [0.4, 0.5) is 5.82 Å². The fourth-order valence-electron chi connectivity index (χ4n) is 2.66. The van der Waals surface area contributed by atoms with Crippen LogP contribution in [0.15, 0.2) is 38.9 Å². The highest BCUT2D eigenvalue weighted by atomic mass is 35.5. The molecule has 2 heterocycles. The molecule has 140 valence electrons. The molecule has 26 heavy (non-hydrogen) atoms. The molecule has 0 bridgehead atoms. The van der Waals surface area contributed by atoms with Crippen LogP contribution in [-0.2, 0) is 22.5 Å². The molecule has 0 saturated heterocycles. The number of aromatic nitrogens is 2. The maximum absolute atomic E-state index is 12.7. The van der Waals surface area contributed by atoms with Crippen LogP contribution in [0.25, 0.3) is 0 Å². The Hall–Kier alpha value is -2.41. The molecule has 1 aromatic heterocycles. The Kier molecular flexibility index (Phi) is 7.15. The van der Waals surface area contributed by atoms with Gasteiger partial charge in [-0.25, -0.2) is 9.79 Å². The van der Waals surface area contributed by atoms with E-state index in [9.17, 15) is 14.4 Å². The van der Waals surface area contributed by atoms with E-state index in [0.717, 1.165) is 10.1 Å². The molecule has 1 aromatic rings. The van der Waals surface area contributed by atoms with E-state index in [1.165, 1.54) is 0 Å². The SMILES string of the molecule is C=CCC1=CCc2c([nH]c(=O)n(CCCCC(=O)OCC)c2=O)N=C1Cl. The fraction of sp³-hybridized carbons (Fsp3) is 0.444. The molecule has 0 atom stereocenters. The van der Waals surface area contributed by atoms with Crippen molar-refractivity contribution in [3.63, 3.8) is 0 Å². The second-order valence-electron chi connectivity index (χ2n) is 5.81.